The molecule has 1 heterocycles. The molecule has 0 saturated carbocycles. The third kappa shape index (κ3) is 3.12. The first kappa shape index (κ1) is 18.5. The lowest BCUT2D eigenvalue weighted by atomic mass is 10.00. The number of aliphatic imine (C=N–C) groups is 1. The van der Waals surface area contributed by atoms with Crippen LogP contribution < -0.4 is 24.0 Å². The quantitative estimate of drug-likeness (QED) is 0.423. The minimum absolute atomic E-state index is 0. The number of benzene rings is 3. The summed E-state index contributed by atoms with van der Waals surface area (Å²) in [5, 5.41) is 0. The Balaban J connectivity index is 0.00000196. The molecule has 0 radical (unpaired) electrons. The van der Waals surface area contributed by atoms with Crippen LogP contribution in [0.2, 0.25) is 0 Å². The van der Waals surface area contributed by atoms with Gasteiger partial charge in [0.1, 0.15) is 12.8 Å². The zero-order valence-electron chi connectivity index (χ0n) is 14.9. The molecule has 1 atom stereocenters. The topological polar surface area (TPSA) is 15.4 Å². The Kier molecular flexibility index (Phi) is 5.37. The highest BCUT2D eigenvalue weighted by atomic mass is 127. The van der Waals surface area contributed by atoms with E-state index in [1.807, 2.05) is 12.1 Å². The Bertz CT molecular complexity index is 947. The van der Waals surface area contributed by atoms with E-state index in [0.29, 0.717) is 0 Å². The van der Waals surface area contributed by atoms with Gasteiger partial charge in [-0.05, 0) is 24.3 Å². The third-order valence-electron chi connectivity index (χ3n) is 4.96. The lowest BCUT2D eigenvalue weighted by Crippen LogP contribution is -3.00. The van der Waals surface area contributed by atoms with Crippen molar-refractivity contribution in [1.82, 2.24) is 0 Å². The van der Waals surface area contributed by atoms with E-state index < -0.39 is 5.66 Å². The largest absolute Gasteiger partial charge is 1.00 e. The zero-order chi connectivity index (χ0) is 17.3. The molecule has 2 nitrogen and oxygen atoms in total. The standard InChI is InChI=1S/C23H21N2.HI/c1-23(20-16-10-5-11-17-20)24-21(18-12-6-3-7-13-18)22(25(23)2)19-14-8-4-9-15-19;/h3-17H,1-2H3;1H/q+1;/p-1. The van der Waals surface area contributed by atoms with Gasteiger partial charge < -0.3 is 24.0 Å². The van der Waals surface area contributed by atoms with E-state index in [1.165, 1.54) is 11.1 Å². The van der Waals surface area contributed by atoms with Gasteiger partial charge in [-0.25, -0.2) is 9.57 Å². The van der Waals surface area contributed by atoms with Crippen LogP contribution in [-0.4, -0.2) is 23.0 Å². The lowest BCUT2D eigenvalue weighted by Gasteiger charge is -2.18. The van der Waals surface area contributed by atoms with E-state index in [1.54, 1.807) is 0 Å². The van der Waals surface area contributed by atoms with Gasteiger partial charge in [0.2, 0.25) is 5.71 Å². The normalized spacial score (nSPS) is 19.1. The summed E-state index contributed by atoms with van der Waals surface area (Å²) < 4.78 is 2.29. The van der Waals surface area contributed by atoms with E-state index in [-0.39, 0.29) is 24.0 Å². The molecule has 4 rings (SSSR count). The molecule has 130 valence electrons. The van der Waals surface area contributed by atoms with Crippen molar-refractivity contribution in [2.24, 2.45) is 4.99 Å². The van der Waals surface area contributed by atoms with Gasteiger partial charge in [0, 0.05) is 23.6 Å². The van der Waals surface area contributed by atoms with E-state index in [0.717, 1.165) is 17.0 Å². The second kappa shape index (κ2) is 7.54. The molecule has 1 unspecified atom stereocenters. The predicted molar refractivity (Wildman–Crippen MR) is 104 cm³/mol. The van der Waals surface area contributed by atoms with E-state index >= 15 is 0 Å². The summed E-state index contributed by atoms with van der Waals surface area (Å²) in [5.74, 6) is 0. The highest BCUT2D eigenvalue weighted by molar-refractivity contribution is 6.52. The molecule has 0 fully saturated rings. The molecule has 0 saturated heterocycles. The van der Waals surface area contributed by atoms with Crippen molar-refractivity contribution < 1.29 is 28.6 Å². The van der Waals surface area contributed by atoms with Gasteiger partial charge >= 0.3 is 0 Å². The van der Waals surface area contributed by atoms with Gasteiger partial charge in [0.05, 0.1) is 0 Å². The van der Waals surface area contributed by atoms with Crippen molar-refractivity contribution in [2.75, 3.05) is 7.05 Å². The van der Waals surface area contributed by atoms with Crippen LogP contribution in [0.5, 0.6) is 0 Å². The SMILES string of the molecule is C[N+]1=C(c2ccccc2)C(c2ccccc2)=NC1(C)c1ccccc1.[I-]. The molecule has 0 aliphatic carbocycles. The summed E-state index contributed by atoms with van der Waals surface area (Å²) in [5.41, 5.74) is 5.31. The van der Waals surface area contributed by atoms with Crippen LogP contribution in [0.25, 0.3) is 0 Å². The monoisotopic (exact) mass is 452 g/mol. The molecule has 3 aromatic rings. The molecule has 0 bridgehead atoms. The van der Waals surface area contributed by atoms with Gasteiger partial charge in [-0.3, -0.25) is 0 Å². The van der Waals surface area contributed by atoms with Crippen molar-refractivity contribution >= 4 is 11.4 Å². The molecule has 3 aromatic carbocycles. The minimum Gasteiger partial charge on any atom is -1.00 e. The second-order valence-corrected chi connectivity index (χ2v) is 6.49. The van der Waals surface area contributed by atoms with Gasteiger partial charge in [0.15, 0.2) is 0 Å². The Labute approximate surface area is 172 Å². The first-order valence-electron chi connectivity index (χ1n) is 8.57. The molecule has 0 aromatic heterocycles. The summed E-state index contributed by atoms with van der Waals surface area (Å²) in [6.45, 7) is 2.18. The summed E-state index contributed by atoms with van der Waals surface area (Å²) in [7, 11) is 2.13. The van der Waals surface area contributed by atoms with Crippen molar-refractivity contribution in [3.05, 3.63) is 108 Å². The van der Waals surface area contributed by atoms with Crippen molar-refractivity contribution in [3.8, 4) is 0 Å². The zero-order valence-corrected chi connectivity index (χ0v) is 17.1. The first-order valence-corrected chi connectivity index (χ1v) is 8.57. The number of hydrogen-bond donors (Lipinski definition) is 0. The van der Waals surface area contributed by atoms with E-state index in [9.17, 15) is 0 Å². The molecule has 3 heteroatoms. The lowest BCUT2D eigenvalue weighted by molar-refractivity contribution is -0.581. The van der Waals surface area contributed by atoms with E-state index in [2.05, 4.69) is 97.4 Å². The average Bonchev–Trinajstić information content (AvgIpc) is 2.96. The van der Waals surface area contributed by atoms with Crippen molar-refractivity contribution in [3.63, 3.8) is 0 Å². The summed E-state index contributed by atoms with van der Waals surface area (Å²) in [4.78, 5) is 5.20. The maximum atomic E-state index is 5.20. The van der Waals surface area contributed by atoms with Gasteiger partial charge in [0.25, 0.3) is 5.66 Å². The van der Waals surface area contributed by atoms with Crippen LogP contribution >= 0.6 is 0 Å². The Hall–Kier alpha value is -2.27. The van der Waals surface area contributed by atoms with Gasteiger partial charge in [-0.15, -0.1) is 0 Å². The highest BCUT2D eigenvalue weighted by Gasteiger charge is 2.45. The molecular formula is C23H21IN2. The first-order chi connectivity index (χ1) is 12.2. The Morgan fingerprint density at radius 2 is 1.15 bits per heavy atom. The molecule has 0 N–H and O–H groups in total. The van der Waals surface area contributed by atoms with Crippen molar-refractivity contribution in [2.45, 2.75) is 12.6 Å². The minimum atomic E-state index is -0.419. The fourth-order valence-electron chi connectivity index (χ4n) is 3.46. The number of nitrogens with zero attached hydrogens (tertiary/aromatic N) is 2. The predicted octanol–water partition coefficient (Wildman–Crippen LogP) is 1.50. The smallest absolute Gasteiger partial charge is 0.279 e. The molecule has 1 aliphatic rings. The average molecular weight is 452 g/mol. The summed E-state index contributed by atoms with van der Waals surface area (Å²) in [6.07, 6.45) is 0. The fraction of sp³-hybridized carbons (Fsp3) is 0.130. The van der Waals surface area contributed by atoms with Crippen LogP contribution in [0.1, 0.15) is 23.6 Å². The van der Waals surface area contributed by atoms with E-state index in [4.69, 9.17) is 4.99 Å². The van der Waals surface area contributed by atoms with Crippen LogP contribution in [0, 0.1) is 0 Å². The highest BCUT2D eigenvalue weighted by Crippen LogP contribution is 2.33. The number of rotatable bonds is 3. The van der Waals surface area contributed by atoms with Crippen LogP contribution in [-0.2, 0) is 5.66 Å². The Morgan fingerprint density at radius 3 is 1.69 bits per heavy atom. The number of hydrogen-bond acceptors (Lipinski definition) is 1. The summed E-state index contributed by atoms with van der Waals surface area (Å²) >= 11 is 0. The van der Waals surface area contributed by atoms with Crippen molar-refractivity contribution in [1.29, 1.82) is 0 Å². The van der Waals surface area contributed by atoms with Crippen LogP contribution in [0.15, 0.2) is 96.0 Å². The molecule has 0 amide bonds. The maximum Gasteiger partial charge on any atom is 0.279 e. The molecule has 26 heavy (non-hydrogen) atoms. The molecule has 1 aliphatic heterocycles. The van der Waals surface area contributed by atoms with Gasteiger partial charge in [-0.1, -0.05) is 66.7 Å². The summed E-state index contributed by atoms with van der Waals surface area (Å²) in [6, 6.07) is 31.5. The van der Waals surface area contributed by atoms with Crippen LogP contribution in [0.4, 0.5) is 0 Å². The second-order valence-electron chi connectivity index (χ2n) is 6.49. The third-order valence-corrected chi connectivity index (χ3v) is 4.96. The molecule has 0 spiro atoms. The van der Waals surface area contributed by atoms with Crippen LogP contribution in [0.3, 0.4) is 0 Å². The van der Waals surface area contributed by atoms with Gasteiger partial charge in [-0.2, -0.15) is 0 Å². The number of halogens is 1. The fourth-order valence-corrected chi connectivity index (χ4v) is 3.46. The molecular weight excluding hydrogens is 431 g/mol. The Morgan fingerprint density at radius 1 is 0.692 bits per heavy atom. The maximum absolute atomic E-state index is 5.20.